The largest absolute Gasteiger partial charge is 0.469 e. The molecule has 1 unspecified atom stereocenters. The van der Waals surface area contributed by atoms with Crippen molar-refractivity contribution in [2.45, 2.75) is 170 Å². The van der Waals surface area contributed by atoms with Crippen molar-refractivity contribution < 1.29 is 23.9 Å². The smallest absolute Gasteiger partial charge is 0.305 e. The summed E-state index contributed by atoms with van der Waals surface area (Å²) < 4.78 is 11.6. The van der Waals surface area contributed by atoms with Crippen molar-refractivity contribution in [1.29, 1.82) is 0 Å². The van der Waals surface area contributed by atoms with E-state index in [2.05, 4.69) is 70.6 Å². The number of allylic oxidation sites excluding steroid dienone is 3. The number of imide groups is 1. The fraction of sp³-hybridized carbons (Fsp3) is 0.580. The van der Waals surface area contributed by atoms with E-state index in [4.69, 9.17) is 19.4 Å². The molecule has 60 heavy (non-hydrogen) atoms. The number of hydrogen-bond donors (Lipinski definition) is 2. The lowest BCUT2D eigenvalue weighted by Crippen LogP contribution is -2.41. The van der Waals surface area contributed by atoms with Crippen LogP contribution in [0.1, 0.15) is 217 Å². The van der Waals surface area contributed by atoms with Gasteiger partial charge >= 0.3 is 5.97 Å². The molecule has 2 aromatic heterocycles. The number of aromatic nitrogens is 4. The van der Waals surface area contributed by atoms with Gasteiger partial charge in [-0.1, -0.05) is 91.9 Å². The van der Waals surface area contributed by atoms with Gasteiger partial charge in [-0.15, -0.1) is 0 Å². The summed E-state index contributed by atoms with van der Waals surface area (Å²) in [6.07, 6.45) is 14.6. The number of H-pyrrole nitrogens is 2. The van der Waals surface area contributed by atoms with Gasteiger partial charge in [0.1, 0.15) is 0 Å². The molecule has 8 bridgehead atoms. The number of hydrogen-bond acceptors (Lipinski definition) is 7. The zero-order valence-electron chi connectivity index (χ0n) is 37.9. The van der Waals surface area contributed by atoms with Gasteiger partial charge in [-0.25, -0.2) is 9.97 Å². The summed E-state index contributed by atoms with van der Waals surface area (Å²) in [6.45, 7) is 18.1. The first-order valence-corrected chi connectivity index (χ1v) is 23.0. The van der Waals surface area contributed by atoms with Gasteiger partial charge in [-0.2, -0.15) is 0 Å². The minimum atomic E-state index is -0.311. The second-order valence-electron chi connectivity index (χ2n) is 17.3. The maximum absolute atomic E-state index is 15.0. The number of carbonyl (C=O) groups excluding carboxylic acids is 3. The summed E-state index contributed by atoms with van der Waals surface area (Å²) in [5.41, 5.74) is 12.3. The molecule has 0 saturated carbocycles. The lowest BCUT2D eigenvalue weighted by atomic mass is 9.84. The van der Waals surface area contributed by atoms with Crippen LogP contribution in [0.2, 0.25) is 0 Å². The van der Waals surface area contributed by atoms with Crippen LogP contribution in [0, 0.1) is 6.92 Å². The number of rotatable bonds is 20. The van der Waals surface area contributed by atoms with Crippen LogP contribution in [0.15, 0.2) is 18.2 Å². The van der Waals surface area contributed by atoms with Crippen molar-refractivity contribution in [3.8, 4) is 0 Å². The molecular formula is C50H69N5O5. The molecule has 0 fully saturated rings. The number of methoxy groups -OCH3 is 1. The van der Waals surface area contributed by atoms with Gasteiger partial charge in [0.25, 0.3) is 11.8 Å². The number of ether oxygens (including phenoxy) is 2. The standard InChI is InChI=1S/C50H69N5O5/c1-10-13-15-17-18-19-20-21-25-55-49(57)45-33(7)40-28-41-35(12-3)30(4)37(51-41)29-42-44(34(8)60-26-22-16-14-11-2)32(6)39(52-42)27-38-31(5)36(23-24-43(56)59-9)47(53-38)46(50(55)58)48(45)54-40/h27-29,31,34,36,53-54H,10-26H2,1-9H3/t31-,34?,36-/m0/s1. The molecule has 3 atom stereocenters. The quantitative estimate of drug-likeness (QED) is 0.0772. The number of esters is 1. The van der Waals surface area contributed by atoms with Crippen LogP contribution in [0.3, 0.4) is 0 Å². The Kier molecular flexibility index (Phi) is 15.2. The van der Waals surface area contributed by atoms with Gasteiger partial charge in [-0.3, -0.25) is 19.3 Å². The van der Waals surface area contributed by atoms with Gasteiger partial charge < -0.3 is 19.4 Å². The van der Waals surface area contributed by atoms with E-state index in [-0.39, 0.29) is 42.1 Å². The molecule has 2 aromatic rings. The molecule has 10 nitrogen and oxygen atoms in total. The normalized spacial score (nSPS) is 17.5. The average Bonchev–Trinajstić information content (AvgIpc) is 3.91. The first-order chi connectivity index (χ1) is 28.9. The summed E-state index contributed by atoms with van der Waals surface area (Å²) in [6, 6.07) is 6.24. The number of aryl methyl sites for hydroxylation is 1. The third-order valence-corrected chi connectivity index (χ3v) is 13.3. The number of unbranched alkanes of at least 4 members (excludes halogenated alkanes) is 10. The van der Waals surface area contributed by atoms with Gasteiger partial charge in [-0.05, 0) is 93.9 Å². The van der Waals surface area contributed by atoms with E-state index in [1.165, 1.54) is 50.5 Å². The maximum Gasteiger partial charge on any atom is 0.305 e. The highest BCUT2D eigenvalue weighted by Crippen LogP contribution is 2.45. The van der Waals surface area contributed by atoms with Crippen LogP contribution in [-0.4, -0.2) is 69.0 Å². The van der Waals surface area contributed by atoms with Crippen LogP contribution in [0.5, 0.6) is 0 Å². The molecule has 10 heteroatoms. The Morgan fingerprint density at radius 2 is 1.42 bits per heavy atom. The minimum absolute atomic E-state index is 0.0996. The molecule has 324 valence electrons. The van der Waals surface area contributed by atoms with E-state index in [1.807, 2.05) is 13.0 Å². The predicted octanol–water partition coefficient (Wildman–Crippen LogP) is 12.2. The van der Waals surface area contributed by atoms with Crippen molar-refractivity contribution >= 4 is 51.1 Å². The third-order valence-electron chi connectivity index (χ3n) is 13.3. The Labute approximate surface area is 357 Å². The number of nitrogens with one attached hydrogen (secondary N) is 2. The highest BCUT2D eigenvalue weighted by molar-refractivity contribution is 6.23. The lowest BCUT2D eigenvalue weighted by molar-refractivity contribution is -0.140. The van der Waals surface area contributed by atoms with E-state index in [9.17, 15) is 14.4 Å². The van der Waals surface area contributed by atoms with Crippen LogP contribution >= 0.6 is 0 Å². The summed E-state index contributed by atoms with van der Waals surface area (Å²) >= 11 is 0. The monoisotopic (exact) mass is 820 g/mol. The first kappa shape index (κ1) is 45.0. The number of fused-ring (bicyclic) bond motifs is 8. The van der Waals surface area contributed by atoms with Gasteiger partial charge in [0.05, 0.1) is 52.6 Å². The topological polar surface area (TPSA) is 130 Å². The lowest BCUT2D eigenvalue weighted by Gasteiger charge is -2.27. The molecule has 6 heterocycles. The minimum Gasteiger partial charge on any atom is -0.469 e. The predicted molar refractivity (Wildman–Crippen MR) is 242 cm³/mol. The molecule has 0 aromatic carbocycles. The summed E-state index contributed by atoms with van der Waals surface area (Å²) in [5, 5.41) is 0. The summed E-state index contributed by atoms with van der Waals surface area (Å²) in [4.78, 5) is 61.5. The third kappa shape index (κ3) is 9.34. The molecule has 4 aliphatic rings. The van der Waals surface area contributed by atoms with E-state index in [1.54, 1.807) is 0 Å². The molecule has 2 N–H and O–H groups in total. The fourth-order valence-corrected chi connectivity index (χ4v) is 9.54. The molecular weight excluding hydrogens is 751 g/mol. The molecule has 0 aliphatic carbocycles. The number of carbonyl (C=O) groups is 3. The Morgan fingerprint density at radius 1 is 0.783 bits per heavy atom. The Balaban J connectivity index is 1.56. The molecule has 0 spiro atoms. The Hall–Kier alpha value is -4.57. The Bertz CT molecular complexity index is 2210. The van der Waals surface area contributed by atoms with Gasteiger partial charge in [0, 0.05) is 53.9 Å². The molecule has 6 rings (SSSR count). The highest BCUT2D eigenvalue weighted by Gasteiger charge is 2.40. The summed E-state index contributed by atoms with van der Waals surface area (Å²) in [7, 11) is 1.41. The second kappa shape index (κ2) is 20.3. The number of nitrogens with zero attached hydrogens (tertiary/aromatic N) is 3. The van der Waals surface area contributed by atoms with Crippen LogP contribution < -0.4 is 0 Å². The zero-order chi connectivity index (χ0) is 43.1. The highest BCUT2D eigenvalue weighted by atomic mass is 16.5. The fourth-order valence-electron chi connectivity index (χ4n) is 9.54. The van der Waals surface area contributed by atoms with E-state index in [0.29, 0.717) is 36.2 Å². The van der Waals surface area contributed by atoms with E-state index in [0.717, 1.165) is 112 Å². The first-order valence-electron chi connectivity index (χ1n) is 23.0. The van der Waals surface area contributed by atoms with Gasteiger partial charge in [0.2, 0.25) is 0 Å². The van der Waals surface area contributed by atoms with Crippen LogP contribution in [0.25, 0.3) is 33.3 Å². The van der Waals surface area contributed by atoms with Crippen molar-refractivity contribution in [3.63, 3.8) is 0 Å². The average molecular weight is 820 g/mol. The molecule has 4 aliphatic heterocycles. The molecule has 2 amide bonds. The van der Waals surface area contributed by atoms with Crippen molar-refractivity contribution in [2.24, 2.45) is 0 Å². The van der Waals surface area contributed by atoms with Crippen molar-refractivity contribution in [2.75, 3.05) is 20.3 Å². The molecule has 0 saturated heterocycles. The SMILES string of the molecule is CCCCCCCCCCN1C(=O)c2c3[nH]c(cc4nc(cc5nc(cc6[nH]c2c(c6C)C1=O)C(CC)=C5C)C(C(C)OCCCCCC)=C4C)[C@@H](C)[C@@H]3CCC(=O)OC. The number of amides is 2. The van der Waals surface area contributed by atoms with Crippen molar-refractivity contribution in [3.05, 3.63) is 69.1 Å². The second-order valence-corrected chi connectivity index (χ2v) is 17.3. The van der Waals surface area contributed by atoms with Crippen molar-refractivity contribution in [1.82, 2.24) is 24.8 Å². The van der Waals surface area contributed by atoms with Crippen LogP contribution in [0.4, 0.5) is 0 Å². The maximum atomic E-state index is 15.0. The van der Waals surface area contributed by atoms with E-state index >= 15 is 0 Å². The van der Waals surface area contributed by atoms with E-state index < -0.39 is 0 Å². The zero-order valence-corrected chi connectivity index (χ0v) is 37.9. The summed E-state index contributed by atoms with van der Waals surface area (Å²) in [5.74, 6) is -1.21. The Morgan fingerprint density at radius 3 is 2.10 bits per heavy atom. The van der Waals surface area contributed by atoms with Gasteiger partial charge in [0.15, 0.2) is 0 Å². The molecule has 0 radical (unpaired) electrons. The van der Waals surface area contributed by atoms with Crippen LogP contribution in [-0.2, 0) is 14.3 Å². The number of aromatic amines is 2.